The number of hydrogen-bond donors (Lipinski definition) is 1. The molecule has 4 rings (SSSR count). The van der Waals surface area contributed by atoms with Crippen LogP contribution in [0, 0.1) is 0 Å². The van der Waals surface area contributed by atoms with Gasteiger partial charge in [0, 0.05) is 26.2 Å². The molecular weight excluding hydrogens is 352 g/mol. The predicted octanol–water partition coefficient (Wildman–Crippen LogP) is 3.20. The van der Waals surface area contributed by atoms with Crippen molar-refractivity contribution in [3.63, 3.8) is 0 Å². The Morgan fingerprint density at radius 3 is 2.86 bits per heavy atom. The predicted molar refractivity (Wildman–Crippen MR) is 113 cm³/mol. The minimum atomic E-state index is 0.712. The van der Waals surface area contributed by atoms with Crippen LogP contribution in [0.2, 0.25) is 0 Å². The van der Waals surface area contributed by atoms with Crippen LogP contribution in [0.5, 0.6) is 0 Å². The molecule has 146 valence electrons. The van der Waals surface area contributed by atoms with Crippen LogP contribution in [-0.2, 0) is 18.2 Å². The van der Waals surface area contributed by atoms with Gasteiger partial charge in [-0.25, -0.2) is 9.97 Å². The van der Waals surface area contributed by atoms with Gasteiger partial charge in [-0.2, -0.15) is 5.10 Å². The quantitative estimate of drug-likeness (QED) is 0.545. The van der Waals surface area contributed by atoms with Gasteiger partial charge in [0.15, 0.2) is 11.5 Å². The Morgan fingerprint density at radius 1 is 1.25 bits per heavy atom. The highest BCUT2D eigenvalue weighted by Crippen LogP contribution is 2.28. The maximum absolute atomic E-state index is 5.50. The van der Waals surface area contributed by atoms with E-state index in [1.807, 2.05) is 24.6 Å². The summed E-state index contributed by atoms with van der Waals surface area (Å²) in [5.41, 5.74) is 9.30. The van der Waals surface area contributed by atoms with Crippen molar-refractivity contribution in [2.75, 3.05) is 36.6 Å². The highest BCUT2D eigenvalue weighted by Gasteiger charge is 2.18. The number of rotatable bonds is 5. The van der Waals surface area contributed by atoms with Crippen LogP contribution < -0.4 is 10.3 Å². The van der Waals surface area contributed by atoms with Gasteiger partial charge in [0.1, 0.15) is 5.52 Å². The molecule has 0 aliphatic carbocycles. The van der Waals surface area contributed by atoms with Crippen LogP contribution in [0.3, 0.4) is 0 Å². The molecule has 0 saturated carbocycles. The average Bonchev–Trinajstić information content (AvgIpc) is 3.13. The summed E-state index contributed by atoms with van der Waals surface area (Å²) in [7, 11) is 1.96. The van der Waals surface area contributed by atoms with E-state index in [1.165, 1.54) is 5.56 Å². The number of fused-ring (bicyclic) bond motifs is 1. The van der Waals surface area contributed by atoms with Crippen molar-refractivity contribution in [3.8, 4) is 0 Å². The summed E-state index contributed by atoms with van der Waals surface area (Å²) in [4.78, 5) is 11.6. The van der Waals surface area contributed by atoms with E-state index in [-0.39, 0.29) is 0 Å². The van der Waals surface area contributed by atoms with Crippen molar-refractivity contribution in [2.24, 2.45) is 12.1 Å². The molecule has 1 aliphatic rings. The van der Waals surface area contributed by atoms with E-state index in [0.29, 0.717) is 5.82 Å². The van der Waals surface area contributed by atoms with E-state index in [9.17, 15) is 0 Å². The van der Waals surface area contributed by atoms with Crippen molar-refractivity contribution in [3.05, 3.63) is 47.8 Å². The molecule has 0 spiro atoms. The lowest BCUT2D eigenvalue weighted by Gasteiger charge is -2.29. The van der Waals surface area contributed by atoms with Gasteiger partial charge in [-0.3, -0.25) is 5.43 Å². The smallest absolute Gasteiger partial charge is 0.164 e. The average molecular weight is 378 g/mol. The highest BCUT2D eigenvalue weighted by molar-refractivity contribution is 5.99. The second-order valence-corrected chi connectivity index (χ2v) is 7.02. The third-order valence-corrected chi connectivity index (χ3v) is 5.09. The first-order chi connectivity index (χ1) is 13.7. The topological polar surface area (TPSA) is 67.6 Å². The number of nitrogens with one attached hydrogen (secondary N) is 1. The number of aryl methyl sites for hydroxylation is 2. The second kappa shape index (κ2) is 7.98. The Kier molecular flexibility index (Phi) is 5.25. The standard InChI is InChI=1S/C21H26N6O/c1-4-16-6-5-7-17(12-16)15(2)24-25-19-13-18(27-8-10-28-11-9-27)20-21(23-19)26(3)14-22-20/h5-7,12-14H,4,8-11H2,1-3H3,(H,23,25)/b24-15+. The summed E-state index contributed by atoms with van der Waals surface area (Å²) in [6, 6.07) is 10.5. The molecule has 1 saturated heterocycles. The molecule has 1 fully saturated rings. The van der Waals surface area contributed by atoms with E-state index in [2.05, 4.69) is 51.6 Å². The molecule has 0 amide bonds. The molecule has 3 aromatic rings. The molecule has 7 nitrogen and oxygen atoms in total. The molecule has 0 atom stereocenters. The Labute approximate surface area is 165 Å². The van der Waals surface area contributed by atoms with Crippen molar-refractivity contribution < 1.29 is 4.74 Å². The summed E-state index contributed by atoms with van der Waals surface area (Å²) in [5, 5.41) is 4.58. The Balaban J connectivity index is 1.65. The molecule has 1 aromatic carbocycles. The van der Waals surface area contributed by atoms with E-state index >= 15 is 0 Å². The molecule has 1 N–H and O–H groups in total. The van der Waals surface area contributed by atoms with E-state index < -0.39 is 0 Å². The fourth-order valence-corrected chi connectivity index (χ4v) is 3.41. The number of anilines is 2. The van der Waals surface area contributed by atoms with Crippen LogP contribution in [0.1, 0.15) is 25.0 Å². The zero-order valence-electron chi connectivity index (χ0n) is 16.6. The lowest BCUT2D eigenvalue weighted by atomic mass is 10.1. The summed E-state index contributed by atoms with van der Waals surface area (Å²) in [6.07, 6.45) is 2.81. The fraction of sp³-hybridized carbons (Fsp3) is 0.381. The molecular formula is C21H26N6O. The third kappa shape index (κ3) is 3.71. The molecule has 1 aliphatic heterocycles. The molecule has 2 aromatic heterocycles. The van der Waals surface area contributed by atoms with Crippen molar-refractivity contribution >= 4 is 28.4 Å². The van der Waals surface area contributed by atoms with Gasteiger partial charge in [-0.15, -0.1) is 0 Å². The first kappa shape index (κ1) is 18.4. The number of pyridine rings is 1. The Bertz CT molecular complexity index is 1000. The van der Waals surface area contributed by atoms with Gasteiger partial charge in [-0.1, -0.05) is 25.1 Å². The van der Waals surface area contributed by atoms with Gasteiger partial charge in [0.2, 0.25) is 0 Å². The lowest BCUT2D eigenvalue weighted by molar-refractivity contribution is 0.123. The summed E-state index contributed by atoms with van der Waals surface area (Å²) >= 11 is 0. The number of aromatic nitrogens is 3. The largest absolute Gasteiger partial charge is 0.378 e. The molecule has 0 radical (unpaired) electrons. The van der Waals surface area contributed by atoms with E-state index in [1.54, 1.807) is 6.33 Å². The first-order valence-corrected chi connectivity index (χ1v) is 9.70. The number of ether oxygens (including phenoxy) is 1. The number of benzene rings is 1. The van der Waals surface area contributed by atoms with Crippen molar-refractivity contribution in [2.45, 2.75) is 20.3 Å². The normalized spacial score (nSPS) is 15.2. The molecule has 28 heavy (non-hydrogen) atoms. The van der Waals surface area contributed by atoms with Crippen LogP contribution in [0.15, 0.2) is 41.8 Å². The summed E-state index contributed by atoms with van der Waals surface area (Å²) in [6.45, 7) is 7.31. The van der Waals surface area contributed by atoms with E-state index in [4.69, 9.17) is 9.72 Å². The molecule has 7 heteroatoms. The van der Waals surface area contributed by atoms with Gasteiger partial charge in [0.05, 0.1) is 30.9 Å². The van der Waals surface area contributed by atoms with Crippen LogP contribution in [0.25, 0.3) is 11.2 Å². The number of hydrogen-bond acceptors (Lipinski definition) is 6. The first-order valence-electron chi connectivity index (χ1n) is 9.70. The Hall–Kier alpha value is -2.93. The number of nitrogens with zero attached hydrogens (tertiary/aromatic N) is 5. The third-order valence-electron chi connectivity index (χ3n) is 5.09. The lowest BCUT2D eigenvalue weighted by Crippen LogP contribution is -2.36. The van der Waals surface area contributed by atoms with Gasteiger partial charge < -0.3 is 14.2 Å². The second-order valence-electron chi connectivity index (χ2n) is 7.02. The summed E-state index contributed by atoms with van der Waals surface area (Å²) in [5.74, 6) is 0.712. The fourth-order valence-electron chi connectivity index (χ4n) is 3.41. The zero-order chi connectivity index (χ0) is 19.5. The van der Waals surface area contributed by atoms with Crippen LogP contribution in [-0.4, -0.2) is 46.6 Å². The Morgan fingerprint density at radius 2 is 2.07 bits per heavy atom. The molecule has 3 heterocycles. The van der Waals surface area contributed by atoms with Crippen molar-refractivity contribution in [1.82, 2.24) is 14.5 Å². The van der Waals surface area contributed by atoms with Crippen LogP contribution >= 0.6 is 0 Å². The SMILES string of the molecule is CCc1cccc(/C(C)=N/Nc2cc(N3CCOCC3)c3ncn(C)c3n2)c1. The van der Waals surface area contributed by atoms with Crippen LogP contribution in [0.4, 0.5) is 11.5 Å². The number of morpholine rings is 1. The van der Waals surface area contributed by atoms with Gasteiger partial charge in [-0.05, 0) is 30.5 Å². The highest BCUT2D eigenvalue weighted by atomic mass is 16.5. The molecule has 0 bridgehead atoms. The van der Waals surface area contributed by atoms with Crippen molar-refractivity contribution in [1.29, 1.82) is 0 Å². The maximum Gasteiger partial charge on any atom is 0.164 e. The number of imidazole rings is 1. The monoisotopic (exact) mass is 378 g/mol. The zero-order valence-corrected chi connectivity index (χ0v) is 16.6. The minimum Gasteiger partial charge on any atom is -0.378 e. The van der Waals surface area contributed by atoms with Gasteiger partial charge in [0.25, 0.3) is 0 Å². The number of hydrazone groups is 1. The van der Waals surface area contributed by atoms with E-state index in [0.717, 1.165) is 60.9 Å². The van der Waals surface area contributed by atoms with Gasteiger partial charge >= 0.3 is 0 Å². The molecule has 0 unspecified atom stereocenters. The maximum atomic E-state index is 5.50. The minimum absolute atomic E-state index is 0.712. The summed E-state index contributed by atoms with van der Waals surface area (Å²) < 4.78 is 7.43.